The van der Waals surface area contributed by atoms with Crippen molar-refractivity contribution in [3.8, 4) is 0 Å². The Bertz CT molecular complexity index is 786. The van der Waals surface area contributed by atoms with E-state index in [4.69, 9.17) is 4.74 Å². The van der Waals surface area contributed by atoms with Gasteiger partial charge in [-0.15, -0.1) is 0 Å². The molecule has 1 aliphatic carbocycles. The molecule has 0 bridgehead atoms. The second kappa shape index (κ2) is 10.0. The van der Waals surface area contributed by atoms with Crippen molar-refractivity contribution < 1.29 is 22.7 Å². The molecular weight excluding hydrogens is 380 g/mol. The van der Waals surface area contributed by atoms with Crippen molar-refractivity contribution in [1.82, 2.24) is 4.31 Å². The summed E-state index contributed by atoms with van der Waals surface area (Å²) in [5.74, 6) is -0.297. The number of carbonyl (C=O) groups excluding carboxylic acids is 2. The van der Waals surface area contributed by atoms with Crippen molar-refractivity contribution in [2.45, 2.75) is 62.9 Å². The summed E-state index contributed by atoms with van der Waals surface area (Å²) in [6.45, 7) is 1.51. The Kier molecular flexibility index (Phi) is 8.00. The summed E-state index contributed by atoms with van der Waals surface area (Å²) in [4.78, 5) is 24.4. The van der Waals surface area contributed by atoms with Gasteiger partial charge in [-0.3, -0.25) is 9.59 Å². The molecule has 0 radical (unpaired) electrons. The quantitative estimate of drug-likeness (QED) is 0.665. The van der Waals surface area contributed by atoms with Crippen LogP contribution in [0.2, 0.25) is 0 Å². The number of sulfonamides is 1. The number of rotatable bonds is 8. The first-order chi connectivity index (χ1) is 13.2. The third-order valence-electron chi connectivity index (χ3n) is 5.04. The Balaban J connectivity index is 1.87. The van der Waals surface area contributed by atoms with Gasteiger partial charge >= 0.3 is 5.97 Å². The summed E-state index contributed by atoms with van der Waals surface area (Å²) >= 11 is 0. The number of hydrogen-bond acceptors (Lipinski definition) is 5. The number of amides is 1. The first-order valence-corrected chi connectivity index (χ1v) is 11.2. The summed E-state index contributed by atoms with van der Waals surface area (Å²) in [6, 6.07) is 5.97. The molecule has 1 N–H and O–H groups in total. The number of anilines is 1. The van der Waals surface area contributed by atoms with Crippen molar-refractivity contribution in [2.75, 3.05) is 19.4 Å². The Morgan fingerprint density at radius 2 is 1.89 bits per heavy atom. The van der Waals surface area contributed by atoms with Crippen molar-refractivity contribution in [2.24, 2.45) is 5.92 Å². The van der Waals surface area contributed by atoms with E-state index < -0.39 is 22.0 Å². The van der Waals surface area contributed by atoms with Gasteiger partial charge < -0.3 is 10.1 Å². The van der Waals surface area contributed by atoms with Gasteiger partial charge in [-0.1, -0.05) is 38.2 Å². The topological polar surface area (TPSA) is 92.8 Å². The standard InChI is InChI=1S/C20H30N2O5S/c1-15(27-19(23)13-12-16-8-5-4-6-9-16)20(24)21-17-10-7-11-18(14-17)28(25,26)22(2)3/h7,10-11,14-16H,4-6,8-9,12-13H2,1-3H3,(H,21,24). The van der Waals surface area contributed by atoms with Crippen molar-refractivity contribution >= 4 is 27.6 Å². The predicted molar refractivity (Wildman–Crippen MR) is 107 cm³/mol. The van der Waals surface area contributed by atoms with Gasteiger partial charge in [0.1, 0.15) is 0 Å². The van der Waals surface area contributed by atoms with Crippen LogP contribution in [-0.4, -0.2) is 44.8 Å². The lowest BCUT2D eigenvalue weighted by Gasteiger charge is -2.21. The molecular formula is C20H30N2O5S. The highest BCUT2D eigenvalue weighted by Gasteiger charge is 2.21. The molecule has 0 spiro atoms. The fourth-order valence-corrected chi connectivity index (χ4v) is 4.24. The molecule has 1 aliphatic rings. The number of benzene rings is 1. The van der Waals surface area contributed by atoms with Crippen LogP contribution < -0.4 is 5.32 Å². The normalized spacial score (nSPS) is 16.6. The van der Waals surface area contributed by atoms with E-state index in [1.807, 2.05) is 0 Å². The number of ether oxygens (including phenoxy) is 1. The van der Waals surface area contributed by atoms with E-state index in [0.29, 0.717) is 18.0 Å². The Labute approximate surface area is 167 Å². The molecule has 1 fully saturated rings. The average Bonchev–Trinajstić information content (AvgIpc) is 2.67. The third-order valence-corrected chi connectivity index (χ3v) is 6.85. The minimum Gasteiger partial charge on any atom is -0.453 e. The molecule has 1 aromatic carbocycles. The zero-order chi connectivity index (χ0) is 20.7. The van der Waals surface area contributed by atoms with Gasteiger partial charge in [-0.05, 0) is 37.5 Å². The van der Waals surface area contributed by atoms with Crippen LogP contribution >= 0.6 is 0 Å². The van der Waals surface area contributed by atoms with E-state index in [1.54, 1.807) is 12.1 Å². The molecule has 1 aromatic rings. The molecule has 0 saturated heterocycles. The molecule has 8 heteroatoms. The minimum atomic E-state index is -3.60. The first kappa shape index (κ1) is 22.4. The first-order valence-electron chi connectivity index (χ1n) is 9.73. The van der Waals surface area contributed by atoms with Crippen LogP contribution in [0.25, 0.3) is 0 Å². The fourth-order valence-electron chi connectivity index (χ4n) is 3.30. The van der Waals surface area contributed by atoms with Crippen LogP contribution in [0, 0.1) is 5.92 Å². The van der Waals surface area contributed by atoms with Gasteiger partial charge in [0.05, 0.1) is 4.90 Å². The van der Waals surface area contributed by atoms with E-state index in [1.165, 1.54) is 52.4 Å². The van der Waals surface area contributed by atoms with Gasteiger partial charge in [-0.2, -0.15) is 0 Å². The van der Waals surface area contributed by atoms with E-state index in [9.17, 15) is 18.0 Å². The number of esters is 1. The van der Waals surface area contributed by atoms with Crippen LogP contribution in [0.15, 0.2) is 29.2 Å². The highest BCUT2D eigenvalue weighted by molar-refractivity contribution is 7.89. The molecule has 1 unspecified atom stereocenters. The van der Waals surface area contributed by atoms with Crippen molar-refractivity contribution in [1.29, 1.82) is 0 Å². The van der Waals surface area contributed by atoms with Gasteiger partial charge in [0.15, 0.2) is 6.10 Å². The van der Waals surface area contributed by atoms with Crippen LogP contribution in [0.3, 0.4) is 0 Å². The maximum atomic E-state index is 12.3. The molecule has 7 nitrogen and oxygen atoms in total. The fraction of sp³-hybridized carbons (Fsp3) is 0.600. The SMILES string of the molecule is CC(OC(=O)CCC1CCCCC1)C(=O)Nc1cccc(S(=O)(=O)N(C)C)c1. The van der Waals surface area contributed by atoms with E-state index >= 15 is 0 Å². The zero-order valence-electron chi connectivity index (χ0n) is 16.8. The smallest absolute Gasteiger partial charge is 0.306 e. The number of nitrogens with zero attached hydrogens (tertiary/aromatic N) is 1. The predicted octanol–water partition coefficient (Wildman–Crippen LogP) is 3.17. The molecule has 28 heavy (non-hydrogen) atoms. The summed E-state index contributed by atoms with van der Waals surface area (Å²) < 4.78 is 30.7. The maximum Gasteiger partial charge on any atom is 0.306 e. The second-order valence-corrected chi connectivity index (χ2v) is 9.63. The zero-order valence-corrected chi connectivity index (χ0v) is 17.6. The third kappa shape index (κ3) is 6.31. The number of nitrogens with one attached hydrogen (secondary N) is 1. The lowest BCUT2D eigenvalue weighted by Crippen LogP contribution is -2.30. The molecule has 0 aromatic heterocycles. The van der Waals surface area contributed by atoms with E-state index in [0.717, 1.165) is 23.6 Å². The highest BCUT2D eigenvalue weighted by atomic mass is 32.2. The molecule has 156 valence electrons. The molecule has 2 rings (SSSR count). The largest absolute Gasteiger partial charge is 0.453 e. The van der Waals surface area contributed by atoms with Crippen LogP contribution in [0.4, 0.5) is 5.69 Å². The van der Waals surface area contributed by atoms with E-state index in [2.05, 4.69) is 5.32 Å². The second-order valence-electron chi connectivity index (χ2n) is 7.48. The van der Waals surface area contributed by atoms with Gasteiger partial charge in [0, 0.05) is 26.2 Å². The number of carbonyl (C=O) groups is 2. The Hall–Kier alpha value is -1.93. The summed E-state index contributed by atoms with van der Waals surface area (Å²) in [7, 11) is -0.716. The molecule has 0 heterocycles. The van der Waals surface area contributed by atoms with Gasteiger partial charge in [0.25, 0.3) is 5.91 Å². The van der Waals surface area contributed by atoms with Crippen molar-refractivity contribution in [3.63, 3.8) is 0 Å². The highest BCUT2D eigenvalue weighted by Crippen LogP contribution is 2.27. The molecule has 1 amide bonds. The summed E-state index contributed by atoms with van der Waals surface area (Å²) in [6.07, 6.45) is 6.21. The van der Waals surface area contributed by atoms with Crippen LogP contribution in [-0.2, 0) is 24.3 Å². The summed E-state index contributed by atoms with van der Waals surface area (Å²) in [5, 5.41) is 2.60. The van der Waals surface area contributed by atoms with E-state index in [-0.39, 0.29) is 10.9 Å². The maximum absolute atomic E-state index is 12.3. The van der Waals surface area contributed by atoms with Crippen LogP contribution in [0.5, 0.6) is 0 Å². The molecule has 1 atom stereocenters. The Morgan fingerprint density at radius 1 is 1.21 bits per heavy atom. The van der Waals surface area contributed by atoms with Crippen LogP contribution in [0.1, 0.15) is 51.9 Å². The lowest BCUT2D eigenvalue weighted by molar-refractivity contribution is -0.153. The minimum absolute atomic E-state index is 0.0763. The monoisotopic (exact) mass is 410 g/mol. The summed E-state index contributed by atoms with van der Waals surface area (Å²) in [5.41, 5.74) is 0.332. The number of hydrogen-bond donors (Lipinski definition) is 1. The average molecular weight is 411 g/mol. The molecule has 0 aliphatic heterocycles. The lowest BCUT2D eigenvalue weighted by atomic mass is 9.86. The van der Waals surface area contributed by atoms with Gasteiger partial charge in [-0.25, -0.2) is 12.7 Å². The van der Waals surface area contributed by atoms with Gasteiger partial charge in [0.2, 0.25) is 10.0 Å². The van der Waals surface area contributed by atoms with Crippen molar-refractivity contribution in [3.05, 3.63) is 24.3 Å². The molecule has 1 saturated carbocycles. The Morgan fingerprint density at radius 3 is 2.54 bits per heavy atom.